The van der Waals surface area contributed by atoms with Crippen molar-refractivity contribution < 1.29 is 0 Å². The van der Waals surface area contributed by atoms with Crippen LogP contribution in [0.2, 0.25) is 0 Å². The van der Waals surface area contributed by atoms with Crippen LogP contribution in [-0.2, 0) is 0 Å². The molecule has 0 aliphatic rings. The zero-order valence-corrected chi connectivity index (χ0v) is 11.7. The van der Waals surface area contributed by atoms with E-state index in [-0.39, 0.29) is 4.50 Å². The monoisotopic (exact) mass is 337 g/mol. The van der Waals surface area contributed by atoms with Crippen molar-refractivity contribution in [1.29, 1.82) is 0 Å². The number of nitrogens with zero attached hydrogens (tertiary/aromatic N) is 1. The first-order valence-electron chi connectivity index (χ1n) is 4.96. The Balaban J connectivity index is 2.40. The molecule has 0 N–H and O–H groups in total. The molecule has 4 heteroatoms. The lowest BCUT2D eigenvalue weighted by Crippen LogP contribution is -2.24. The van der Waals surface area contributed by atoms with Crippen molar-refractivity contribution in [2.75, 3.05) is 4.81 Å². The zero-order chi connectivity index (χ0) is 11.4. The van der Waals surface area contributed by atoms with Gasteiger partial charge in [-0.05, 0) is 24.3 Å². The van der Waals surface area contributed by atoms with Gasteiger partial charge in [0.05, 0.1) is 0 Å². The Hall–Kier alpha value is -0.735. The molecule has 0 aliphatic heterocycles. The summed E-state index contributed by atoms with van der Waals surface area (Å²) in [6.45, 7) is 0. The molecule has 0 saturated carbocycles. The first kappa shape index (κ1) is 11.7. The Morgan fingerprint density at radius 3 is 1.38 bits per heavy atom. The number of hydrogen-bond acceptors (Lipinski definition) is 1. The molecular weight excluding hydrogens is 329 g/mol. The van der Waals surface area contributed by atoms with Crippen molar-refractivity contribution in [1.82, 2.24) is 0 Å². The minimum Gasteiger partial charge on any atom is -0.366 e. The summed E-state index contributed by atoms with van der Waals surface area (Å²) < 4.78 is 0.0739. The molecule has 0 saturated heterocycles. The van der Waals surface area contributed by atoms with E-state index < -0.39 is 0 Å². The zero-order valence-electron chi connectivity index (χ0n) is 8.55. The predicted octanol–water partition coefficient (Wildman–Crippen LogP) is 4.60. The Bertz CT molecular complexity index is 394. The summed E-state index contributed by atoms with van der Waals surface area (Å²) in [7, 11) is 0. The Morgan fingerprint density at radius 1 is 0.688 bits per heavy atom. The second-order valence-corrected chi connectivity index (χ2v) is 6.28. The summed E-state index contributed by atoms with van der Waals surface area (Å²) in [4.78, 5) is 2.17. The lowest BCUT2D eigenvalue weighted by atomic mass is 10.1. The maximum atomic E-state index is 3.56. The molecule has 16 heavy (non-hydrogen) atoms. The molecule has 80 valence electrons. The predicted molar refractivity (Wildman–Crippen MR) is 78.6 cm³/mol. The highest BCUT2D eigenvalue weighted by Gasteiger charge is 2.18. The number of anilines is 2. The molecule has 0 amide bonds. The molecule has 2 aromatic carbocycles. The van der Waals surface area contributed by atoms with Gasteiger partial charge in [0, 0.05) is 11.4 Å². The summed E-state index contributed by atoms with van der Waals surface area (Å²) in [5.41, 5.74) is 2.29. The molecule has 0 aromatic heterocycles. The van der Waals surface area contributed by atoms with Crippen LogP contribution in [-0.4, -0.2) is 4.50 Å². The van der Waals surface area contributed by atoms with Crippen LogP contribution in [0.3, 0.4) is 0 Å². The molecule has 0 heterocycles. The van der Waals surface area contributed by atoms with Gasteiger partial charge in [-0.3, -0.25) is 0 Å². The number of rotatable bonds is 3. The summed E-state index contributed by atoms with van der Waals surface area (Å²) in [6.07, 6.45) is 0. The van der Waals surface area contributed by atoms with Gasteiger partial charge in [-0.1, -0.05) is 36.4 Å². The minimum atomic E-state index is 0.0739. The molecule has 0 unspecified atom stereocenters. The van der Waals surface area contributed by atoms with Gasteiger partial charge < -0.3 is 4.81 Å². The quantitative estimate of drug-likeness (QED) is 0.739. The second kappa shape index (κ2) is 5.55. The van der Waals surface area contributed by atoms with Gasteiger partial charge in [0.15, 0.2) is 0 Å². The van der Waals surface area contributed by atoms with Crippen LogP contribution >= 0.6 is 31.5 Å². The van der Waals surface area contributed by atoms with E-state index in [2.05, 4.69) is 60.6 Å². The average molecular weight is 339 g/mol. The van der Waals surface area contributed by atoms with Crippen LogP contribution in [0.1, 0.15) is 0 Å². The highest BCUT2D eigenvalue weighted by molar-refractivity contribution is 9.49. The van der Waals surface area contributed by atoms with Gasteiger partial charge in [0.1, 0.15) is 0 Å². The molecule has 0 spiro atoms. The van der Waals surface area contributed by atoms with Gasteiger partial charge in [-0.25, -0.2) is 0 Å². The summed E-state index contributed by atoms with van der Waals surface area (Å²) in [6, 6.07) is 20.5. The van der Waals surface area contributed by atoms with E-state index in [1.54, 1.807) is 0 Å². The molecular formula is C12H10BBr2N. The summed E-state index contributed by atoms with van der Waals surface area (Å²) >= 11 is 7.11. The summed E-state index contributed by atoms with van der Waals surface area (Å²) in [5.74, 6) is 0. The van der Waals surface area contributed by atoms with Crippen molar-refractivity contribution in [3.63, 3.8) is 0 Å². The maximum Gasteiger partial charge on any atom is 0.415 e. The fourth-order valence-electron chi connectivity index (χ4n) is 1.55. The van der Waals surface area contributed by atoms with Crippen LogP contribution in [0.15, 0.2) is 60.7 Å². The molecule has 2 rings (SSSR count). The molecule has 0 aliphatic carbocycles. The molecule has 0 fully saturated rings. The normalized spacial score (nSPS) is 9.88. The van der Waals surface area contributed by atoms with E-state index in [1.165, 1.54) is 0 Å². The molecule has 2 aromatic rings. The fraction of sp³-hybridized carbons (Fsp3) is 0. The van der Waals surface area contributed by atoms with Crippen molar-refractivity contribution in [3.8, 4) is 0 Å². The molecule has 1 nitrogen and oxygen atoms in total. The van der Waals surface area contributed by atoms with E-state index in [0.717, 1.165) is 11.4 Å². The number of para-hydroxylation sites is 2. The van der Waals surface area contributed by atoms with Crippen LogP contribution in [0.25, 0.3) is 0 Å². The molecule has 0 bridgehead atoms. The summed E-state index contributed by atoms with van der Waals surface area (Å²) in [5, 5.41) is 0. The highest BCUT2D eigenvalue weighted by Crippen LogP contribution is 2.29. The van der Waals surface area contributed by atoms with Crippen LogP contribution < -0.4 is 4.81 Å². The van der Waals surface area contributed by atoms with E-state index in [4.69, 9.17) is 0 Å². The number of hydrogen-bond donors (Lipinski definition) is 0. The number of benzene rings is 2. The lowest BCUT2D eigenvalue weighted by molar-refractivity contribution is 1.41. The van der Waals surface area contributed by atoms with Gasteiger partial charge in [0.25, 0.3) is 0 Å². The first-order valence-corrected chi connectivity index (χ1v) is 6.79. The Morgan fingerprint density at radius 2 is 1.06 bits per heavy atom. The third-order valence-corrected chi connectivity index (χ3v) is 3.08. The van der Waals surface area contributed by atoms with E-state index in [9.17, 15) is 0 Å². The second-order valence-electron chi connectivity index (χ2n) is 3.32. The third-order valence-electron chi connectivity index (χ3n) is 2.26. The lowest BCUT2D eigenvalue weighted by Gasteiger charge is -2.25. The minimum absolute atomic E-state index is 0.0739. The fourth-order valence-corrected chi connectivity index (χ4v) is 2.50. The molecule has 0 radical (unpaired) electrons. The smallest absolute Gasteiger partial charge is 0.366 e. The number of halogens is 2. The van der Waals surface area contributed by atoms with Gasteiger partial charge in [0.2, 0.25) is 0 Å². The van der Waals surface area contributed by atoms with Crippen molar-refractivity contribution >= 4 is 47.4 Å². The standard InChI is InChI=1S/C12H10BBr2N/c14-13(15)16(11-7-3-1-4-8-11)12-9-5-2-6-10-12/h1-10H. The SMILES string of the molecule is BrB(Br)N(c1ccccc1)c1ccccc1. The van der Waals surface area contributed by atoms with Crippen LogP contribution in [0, 0.1) is 0 Å². The Labute approximate surface area is 113 Å². The topological polar surface area (TPSA) is 3.24 Å². The van der Waals surface area contributed by atoms with E-state index in [0.29, 0.717) is 0 Å². The van der Waals surface area contributed by atoms with Crippen molar-refractivity contribution in [2.45, 2.75) is 0 Å². The van der Waals surface area contributed by atoms with Crippen molar-refractivity contribution in [3.05, 3.63) is 60.7 Å². The van der Waals surface area contributed by atoms with Gasteiger partial charge >= 0.3 is 4.50 Å². The van der Waals surface area contributed by atoms with Crippen LogP contribution in [0.4, 0.5) is 11.4 Å². The van der Waals surface area contributed by atoms with Gasteiger partial charge in [-0.2, -0.15) is 0 Å². The highest BCUT2D eigenvalue weighted by atomic mass is 79.9. The third kappa shape index (κ3) is 2.68. The van der Waals surface area contributed by atoms with E-state index >= 15 is 0 Å². The van der Waals surface area contributed by atoms with Gasteiger partial charge in [-0.15, -0.1) is 31.5 Å². The maximum absolute atomic E-state index is 3.56. The largest absolute Gasteiger partial charge is 0.415 e. The van der Waals surface area contributed by atoms with E-state index in [1.807, 2.05) is 36.4 Å². The average Bonchev–Trinajstić information content (AvgIpc) is 2.31. The van der Waals surface area contributed by atoms with Crippen molar-refractivity contribution in [2.24, 2.45) is 0 Å². The van der Waals surface area contributed by atoms with Crippen LogP contribution in [0.5, 0.6) is 0 Å². The molecule has 0 atom stereocenters. The Kier molecular flexibility index (Phi) is 4.07. The first-order chi connectivity index (χ1) is 7.79.